The van der Waals surface area contributed by atoms with Crippen LogP contribution >= 0.6 is 23.2 Å². The van der Waals surface area contributed by atoms with Crippen LogP contribution in [0.2, 0.25) is 10.0 Å². The van der Waals surface area contributed by atoms with E-state index in [2.05, 4.69) is 5.43 Å². The maximum Gasteiger partial charge on any atom is 0.433 e. The highest BCUT2D eigenvalue weighted by molar-refractivity contribution is 6.37. The molecule has 0 unspecified atom stereocenters. The van der Waals surface area contributed by atoms with Gasteiger partial charge in [-0.2, -0.15) is 5.01 Å². The highest BCUT2D eigenvalue weighted by Gasteiger charge is 2.28. The van der Waals surface area contributed by atoms with Crippen molar-refractivity contribution in [2.75, 3.05) is 12.1 Å². The molecule has 0 aliphatic heterocycles. The average molecular weight is 377 g/mol. The average Bonchev–Trinajstić information content (AvgIpc) is 2.45. The molecule has 2 amide bonds. The molecule has 1 aromatic carbocycles. The largest absolute Gasteiger partial charge is 0.489 e. The molecule has 0 aromatic heterocycles. The lowest BCUT2D eigenvalue weighted by Gasteiger charge is -2.27. The molecule has 0 aliphatic carbocycles. The predicted molar refractivity (Wildman–Crippen MR) is 94.7 cm³/mol. The minimum absolute atomic E-state index is 0.132. The lowest BCUT2D eigenvalue weighted by atomic mass is 9.96. The number of hydrogen-bond acceptors (Lipinski definition) is 4. The number of rotatable bonds is 3. The molecule has 1 rings (SSSR count). The zero-order valence-electron chi connectivity index (χ0n) is 14.6. The van der Waals surface area contributed by atoms with Gasteiger partial charge in [0.05, 0.1) is 28.9 Å². The molecule has 0 fully saturated rings. The molecule has 24 heavy (non-hydrogen) atoms. The smallest absolute Gasteiger partial charge is 0.433 e. The minimum atomic E-state index is -0.799. The topological polar surface area (TPSA) is 67.9 Å². The summed E-state index contributed by atoms with van der Waals surface area (Å²) in [7, 11) is 1.20. The second-order valence-electron chi connectivity index (χ2n) is 6.40. The Kier molecular flexibility index (Phi) is 6.75. The van der Waals surface area contributed by atoms with E-state index >= 15 is 0 Å². The van der Waals surface area contributed by atoms with Gasteiger partial charge in [-0.25, -0.2) is 4.79 Å². The standard InChI is InChI=1S/C16H22Cl2N2O4/c1-9(2)24-13-8-12(10(17)7-11(13)18)20(15(22)23-6)19-14(21)16(3,4)5/h7-9H,1-6H3,(H,19,21). The van der Waals surface area contributed by atoms with Gasteiger partial charge in [0, 0.05) is 11.5 Å². The fourth-order valence-corrected chi connectivity index (χ4v) is 2.11. The van der Waals surface area contributed by atoms with Gasteiger partial charge in [0.2, 0.25) is 5.91 Å². The van der Waals surface area contributed by atoms with E-state index < -0.39 is 11.5 Å². The number of halogens is 2. The van der Waals surface area contributed by atoms with Crippen LogP contribution in [-0.2, 0) is 9.53 Å². The number of benzene rings is 1. The fraction of sp³-hybridized carbons (Fsp3) is 0.500. The van der Waals surface area contributed by atoms with E-state index in [4.69, 9.17) is 32.7 Å². The normalized spacial score (nSPS) is 11.2. The third-order valence-electron chi connectivity index (χ3n) is 2.86. The van der Waals surface area contributed by atoms with Crippen LogP contribution < -0.4 is 15.2 Å². The van der Waals surface area contributed by atoms with E-state index in [0.717, 1.165) is 5.01 Å². The maximum atomic E-state index is 12.2. The molecule has 0 spiro atoms. The molecule has 0 heterocycles. The van der Waals surface area contributed by atoms with Crippen LogP contribution in [0, 0.1) is 5.41 Å². The third-order valence-corrected chi connectivity index (χ3v) is 3.45. The molecular weight excluding hydrogens is 355 g/mol. The van der Waals surface area contributed by atoms with Gasteiger partial charge in [0.1, 0.15) is 5.75 Å². The first kappa shape index (κ1) is 20.4. The number of carbonyl (C=O) groups excluding carboxylic acids is 2. The Labute approximate surface area is 152 Å². The van der Waals surface area contributed by atoms with Gasteiger partial charge in [-0.15, -0.1) is 0 Å². The number of hydrazine groups is 1. The van der Waals surface area contributed by atoms with E-state index in [1.807, 2.05) is 13.8 Å². The van der Waals surface area contributed by atoms with Crippen LogP contribution in [0.1, 0.15) is 34.6 Å². The molecule has 0 aliphatic rings. The van der Waals surface area contributed by atoms with Crippen molar-refractivity contribution in [2.45, 2.75) is 40.7 Å². The van der Waals surface area contributed by atoms with Crippen molar-refractivity contribution in [2.24, 2.45) is 5.41 Å². The van der Waals surface area contributed by atoms with Gasteiger partial charge in [0.15, 0.2) is 0 Å². The summed E-state index contributed by atoms with van der Waals surface area (Å²) in [5.74, 6) is -0.0461. The minimum Gasteiger partial charge on any atom is -0.489 e. The van der Waals surface area contributed by atoms with E-state index in [1.165, 1.54) is 19.2 Å². The zero-order valence-corrected chi connectivity index (χ0v) is 16.1. The highest BCUT2D eigenvalue weighted by atomic mass is 35.5. The number of amides is 2. The van der Waals surface area contributed by atoms with Crippen LogP contribution in [0.5, 0.6) is 5.75 Å². The number of hydrogen-bond donors (Lipinski definition) is 1. The summed E-state index contributed by atoms with van der Waals surface area (Å²) in [4.78, 5) is 24.4. The Morgan fingerprint density at radius 2 is 1.75 bits per heavy atom. The van der Waals surface area contributed by atoms with Crippen molar-refractivity contribution in [3.63, 3.8) is 0 Å². The quantitative estimate of drug-likeness (QED) is 0.792. The molecule has 0 bridgehead atoms. The second kappa shape index (κ2) is 7.94. The Morgan fingerprint density at radius 3 is 2.21 bits per heavy atom. The van der Waals surface area contributed by atoms with Gasteiger partial charge in [0.25, 0.3) is 0 Å². The van der Waals surface area contributed by atoms with Gasteiger partial charge in [-0.3, -0.25) is 10.2 Å². The monoisotopic (exact) mass is 376 g/mol. The summed E-state index contributed by atoms with van der Waals surface area (Å²) >= 11 is 12.3. The molecule has 8 heteroatoms. The number of carbonyl (C=O) groups is 2. The van der Waals surface area contributed by atoms with Gasteiger partial charge in [-0.1, -0.05) is 44.0 Å². The SMILES string of the molecule is COC(=O)N(NC(=O)C(C)(C)C)c1cc(OC(C)C)c(Cl)cc1Cl. The van der Waals surface area contributed by atoms with Crippen molar-refractivity contribution in [3.05, 3.63) is 22.2 Å². The number of methoxy groups -OCH3 is 1. The molecule has 0 saturated carbocycles. The van der Waals surface area contributed by atoms with Crippen LogP contribution in [0.3, 0.4) is 0 Å². The molecule has 0 saturated heterocycles. The summed E-state index contributed by atoms with van der Waals surface area (Å²) < 4.78 is 10.3. The number of anilines is 1. The van der Waals surface area contributed by atoms with Crippen LogP contribution in [0.15, 0.2) is 12.1 Å². The predicted octanol–water partition coefficient (Wildman–Crippen LogP) is 4.43. The Bertz CT molecular complexity index is 627. The van der Waals surface area contributed by atoms with Crippen molar-refractivity contribution >= 4 is 40.9 Å². The van der Waals surface area contributed by atoms with Crippen molar-refractivity contribution in [3.8, 4) is 5.75 Å². The zero-order chi connectivity index (χ0) is 18.7. The summed E-state index contributed by atoms with van der Waals surface area (Å²) in [5, 5.41) is 1.39. The Balaban J connectivity index is 3.32. The Hall–Kier alpha value is -1.66. The van der Waals surface area contributed by atoms with E-state index in [1.54, 1.807) is 20.8 Å². The highest BCUT2D eigenvalue weighted by Crippen LogP contribution is 2.36. The molecule has 6 nitrogen and oxygen atoms in total. The number of ether oxygens (including phenoxy) is 2. The van der Waals surface area contributed by atoms with Crippen LogP contribution in [0.25, 0.3) is 0 Å². The van der Waals surface area contributed by atoms with E-state index in [0.29, 0.717) is 10.8 Å². The van der Waals surface area contributed by atoms with Gasteiger partial charge in [-0.05, 0) is 19.9 Å². The second-order valence-corrected chi connectivity index (χ2v) is 7.21. The third kappa shape index (κ3) is 5.18. The molecule has 0 radical (unpaired) electrons. The molecule has 1 N–H and O–H groups in total. The van der Waals surface area contributed by atoms with Crippen molar-refractivity contribution in [1.29, 1.82) is 0 Å². The lowest BCUT2D eigenvalue weighted by Crippen LogP contribution is -2.50. The summed E-state index contributed by atoms with van der Waals surface area (Å²) in [6.07, 6.45) is -0.931. The summed E-state index contributed by atoms with van der Waals surface area (Å²) in [6, 6.07) is 2.92. The summed E-state index contributed by atoms with van der Waals surface area (Å²) in [6.45, 7) is 8.83. The van der Waals surface area contributed by atoms with Crippen molar-refractivity contribution < 1.29 is 19.1 Å². The summed E-state index contributed by atoms with van der Waals surface area (Å²) in [5.41, 5.74) is 1.98. The van der Waals surface area contributed by atoms with Gasteiger partial charge >= 0.3 is 6.09 Å². The number of nitrogens with zero attached hydrogens (tertiary/aromatic N) is 1. The molecule has 134 valence electrons. The molecule has 1 aromatic rings. The van der Waals surface area contributed by atoms with Crippen LogP contribution in [-0.4, -0.2) is 25.2 Å². The Morgan fingerprint density at radius 1 is 1.17 bits per heavy atom. The fourth-order valence-electron chi connectivity index (χ4n) is 1.60. The first-order valence-electron chi connectivity index (χ1n) is 7.32. The van der Waals surface area contributed by atoms with E-state index in [-0.39, 0.29) is 22.7 Å². The lowest BCUT2D eigenvalue weighted by molar-refractivity contribution is -0.128. The molecular formula is C16H22Cl2N2O4. The first-order chi connectivity index (χ1) is 11.0. The molecule has 0 atom stereocenters. The van der Waals surface area contributed by atoms with E-state index in [9.17, 15) is 9.59 Å². The maximum absolute atomic E-state index is 12.2. The number of nitrogens with one attached hydrogen (secondary N) is 1. The van der Waals surface area contributed by atoms with Crippen LogP contribution in [0.4, 0.5) is 10.5 Å². The van der Waals surface area contributed by atoms with Crippen molar-refractivity contribution in [1.82, 2.24) is 5.43 Å². The van der Waals surface area contributed by atoms with Gasteiger partial charge < -0.3 is 9.47 Å². The first-order valence-corrected chi connectivity index (χ1v) is 8.07.